The summed E-state index contributed by atoms with van der Waals surface area (Å²) in [4.78, 5) is -0.248. The Balaban J connectivity index is 2.37. The van der Waals surface area contributed by atoms with Crippen LogP contribution in [0.15, 0.2) is 47.4 Å². The molecular weight excluding hydrogens is 362 g/mol. The molecule has 0 amide bonds. The van der Waals surface area contributed by atoms with Crippen LogP contribution in [-0.4, -0.2) is 8.42 Å². The Morgan fingerprint density at radius 3 is 2.09 bits per heavy atom. The molecule has 0 atom stereocenters. The predicted octanol–water partition coefficient (Wildman–Crippen LogP) is 4.81. The number of nitrogens with one attached hydrogen (secondary N) is 1. The van der Waals surface area contributed by atoms with Crippen LogP contribution in [0.5, 0.6) is 0 Å². The summed E-state index contributed by atoms with van der Waals surface area (Å²) in [6.07, 6.45) is -4.57. The van der Waals surface area contributed by atoms with Gasteiger partial charge in [-0.15, -0.1) is 0 Å². The third-order valence-corrected chi connectivity index (χ3v) is 4.39. The van der Waals surface area contributed by atoms with Gasteiger partial charge in [0.25, 0.3) is 10.0 Å². The van der Waals surface area contributed by atoms with Crippen molar-refractivity contribution in [3.8, 4) is 0 Å². The fraction of sp³-hybridized carbons (Fsp3) is 0.0769. The van der Waals surface area contributed by atoms with Crippen molar-refractivity contribution < 1.29 is 21.6 Å². The molecule has 0 radical (unpaired) electrons. The normalized spacial score (nSPS) is 12.2. The lowest BCUT2D eigenvalue weighted by molar-refractivity contribution is -0.137. The SMILES string of the molecule is O=S(=O)(Nc1cccc(C(F)(F)F)c1)c1cc(Cl)cc(Cl)c1. The molecule has 1 N–H and O–H groups in total. The van der Waals surface area contributed by atoms with Gasteiger partial charge in [0.2, 0.25) is 0 Å². The van der Waals surface area contributed by atoms with Gasteiger partial charge in [-0.1, -0.05) is 29.3 Å². The molecule has 0 saturated carbocycles. The summed E-state index contributed by atoms with van der Waals surface area (Å²) in [5.41, 5.74) is -1.18. The molecule has 0 aliphatic heterocycles. The van der Waals surface area contributed by atoms with E-state index in [1.807, 2.05) is 0 Å². The van der Waals surface area contributed by atoms with Crippen LogP contribution in [0.25, 0.3) is 0 Å². The van der Waals surface area contributed by atoms with E-state index in [1.165, 1.54) is 12.1 Å². The van der Waals surface area contributed by atoms with E-state index in [2.05, 4.69) is 4.72 Å². The van der Waals surface area contributed by atoms with Crippen molar-refractivity contribution >= 4 is 38.9 Å². The molecule has 3 nitrogen and oxygen atoms in total. The predicted molar refractivity (Wildman–Crippen MR) is 78.7 cm³/mol. The molecule has 0 spiro atoms. The molecule has 0 heterocycles. The molecule has 2 aromatic rings. The molecule has 22 heavy (non-hydrogen) atoms. The summed E-state index contributed by atoms with van der Waals surface area (Å²) in [5.74, 6) is 0. The van der Waals surface area contributed by atoms with Crippen LogP contribution in [0.2, 0.25) is 10.0 Å². The van der Waals surface area contributed by atoms with Crippen molar-refractivity contribution in [2.75, 3.05) is 4.72 Å². The maximum absolute atomic E-state index is 12.6. The average Bonchev–Trinajstić information content (AvgIpc) is 2.36. The quantitative estimate of drug-likeness (QED) is 0.843. The number of rotatable bonds is 3. The summed E-state index contributed by atoms with van der Waals surface area (Å²) in [7, 11) is -4.11. The first kappa shape index (κ1) is 16.9. The number of hydrogen-bond acceptors (Lipinski definition) is 2. The van der Waals surface area contributed by atoms with Gasteiger partial charge in [0.15, 0.2) is 0 Å². The van der Waals surface area contributed by atoms with Crippen molar-refractivity contribution in [3.05, 3.63) is 58.1 Å². The molecule has 2 rings (SSSR count). The van der Waals surface area contributed by atoms with Gasteiger partial charge in [0.05, 0.1) is 10.5 Å². The van der Waals surface area contributed by atoms with E-state index in [0.29, 0.717) is 6.07 Å². The van der Waals surface area contributed by atoms with Crippen LogP contribution >= 0.6 is 23.2 Å². The van der Waals surface area contributed by atoms with E-state index in [4.69, 9.17) is 23.2 Å². The molecule has 9 heteroatoms. The minimum atomic E-state index is -4.57. The highest BCUT2D eigenvalue weighted by molar-refractivity contribution is 7.92. The van der Waals surface area contributed by atoms with Crippen molar-refractivity contribution in [3.63, 3.8) is 0 Å². The van der Waals surface area contributed by atoms with Crippen molar-refractivity contribution in [2.24, 2.45) is 0 Å². The van der Waals surface area contributed by atoms with Gasteiger partial charge in [-0.3, -0.25) is 4.72 Å². The first-order chi connectivity index (χ1) is 10.1. The van der Waals surface area contributed by atoms with E-state index in [9.17, 15) is 21.6 Å². The minimum Gasteiger partial charge on any atom is -0.280 e. The van der Waals surface area contributed by atoms with Crippen LogP contribution in [-0.2, 0) is 16.2 Å². The molecular formula is C13H8Cl2F3NO2S. The fourth-order valence-electron chi connectivity index (χ4n) is 1.66. The monoisotopic (exact) mass is 369 g/mol. The maximum Gasteiger partial charge on any atom is 0.416 e. The molecule has 0 aliphatic carbocycles. The van der Waals surface area contributed by atoms with Crippen LogP contribution in [0.3, 0.4) is 0 Å². The lowest BCUT2D eigenvalue weighted by atomic mass is 10.2. The van der Waals surface area contributed by atoms with E-state index < -0.39 is 21.8 Å². The molecule has 0 bridgehead atoms. The number of sulfonamides is 1. The van der Waals surface area contributed by atoms with Crippen LogP contribution < -0.4 is 4.72 Å². The zero-order valence-electron chi connectivity index (χ0n) is 10.7. The Morgan fingerprint density at radius 1 is 0.955 bits per heavy atom. The third kappa shape index (κ3) is 4.06. The average molecular weight is 370 g/mol. The zero-order chi connectivity index (χ0) is 16.5. The summed E-state index contributed by atoms with van der Waals surface area (Å²) in [6, 6.07) is 7.47. The van der Waals surface area contributed by atoms with Gasteiger partial charge in [-0.25, -0.2) is 8.42 Å². The Kier molecular flexibility index (Phi) is 4.60. The second kappa shape index (κ2) is 5.98. The molecule has 2 aromatic carbocycles. The van der Waals surface area contributed by atoms with Crippen molar-refractivity contribution in [1.29, 1.82) is 0 Å². The lowest BCUT2D eigenvalue weighted by Gasteiger charge is -2.11. The molecule has 0 aromatic heterocycles. The van der Waals surface area contributed by atoms with Crippen molar-refractivity contribution in [1.82, 2.24) is 0 Å². The zero-order valence-corrected chi connectivity index (χ0v) is 13.0. The molecule has 0 saturated heterocycles. The maximum atomic E-state index is 12.6. The lowest BCUT2D eigenvalue weighted by Crippen LogP contribution is -2.14. The Morgan fingerprint density at radius 2 is 1.55 bits per heavy atom. The highest BCUT2D eigenvalue weighted by atomic mass is 35.5. The van der Waals surface area contributed by atoms with Crippen LogP contribution in [0, 0.1) is 0 Å². The highest BCUT2D eigenvalue weighted by Gasteiger charge is 2.30. The second-order valence-corrected chi connectivity index (χ2v) is 6.84. The van der Waals surface area contributed by atoms with Gasteiger partial charge >= 0.3 is 6.18 Å². The first-order valence-corrected chi connectivity index (χ1v) is 7.98. The summed E-state index contributed by atoms with van der Waals surface area (Å²) < 4.78 is 64.2. The number of alkyl halides is 3. The van der Waals surface area contributed by atoms with Gasteiger partial charge in [0, 0.05) is 15.7 Å². The standard InChI is InChI=1S/C13H8Cl2F3NO2S/c14-9-5-10(15)7-12(6-9)22(20,21)19-11-3-1-2-8(4-11)13(16,17)18/h1-7,19H. The highest BCUT2D eigenvalue weighted by Crippen LogP contribution is 2.31. The Bertz CT molecular complexity index is 787. The van der Waals surface area contributed by atoms with Gasteiger partial charge in [-0.05, 0) is 36.4 Å². The van der Waals surface area contributed by atoms with Gasteiger partial charge in [-0.2, -0.15) is 13.2 Å². The number of hydrogen-bond donors (Lipinski definition) is 1. The summed E-state index contributed by atoms with van der Waals surface area (Å²) in [6.45, 7) is 0. The van der Waals surface area contributed by atoms with Gasteiger partial charge < -0.3 is 0 Å². The Labute approximate surface area is 134 Å². The van der Waals surface area contributed by atoms with E-state index in [0.717, 1.165) is 24.3 Å². The number of anilines is 1. The van der Waals surface area contributed by atoms with Crippen LogP contribution in [0.4, 0.5) is 18.9 Å². The number of benzene rings is 2. The largest absolute Gasteiger partial charge is 0.416 e. The molecule has 0 aliphatic rings. The summed E-state index contributed by atoms with van der Waals surface area (Å²) in [5, 5.41) is 0.189. The van der Waals surface area contributed by atoms with Crippen LogP contribution in [0.1, 0.15) is 5.56 Å². The topological polar surface area (TPSA) is 46.2 Å². The Hall–Kier alpha value is -1.44. The molecule has 0 unspecified atom stereocenters. The molecule has 0 fully saturated rings. The fourth-order valence-corrected chi connectivity index (χ4v) is 3.43. The van der Waals surface area contributed by atoms with E-state index >= 15 is 0 Å². The third-order valence-electron chi connectivity index (χ3n) is 2.59. The first-order valence-electron chi connectivity index (χ1n) is 5.74. The minimum absolute atomic E-state index is 0.0944. The summed E-state index contributed by atoms with van der Waals surface area (Å²) >= 11 is 11.4. The number of halogens is 5. The van der Waals surface area contributed by atoms with Gasteiger partial charge in [0.1, 0.15) is 0 Å². The second-order valence-electron chi connectivity index (χ2n) is 4.29. The molecule has 118 valence electrons. The van der Waals surface area contributed by atoms with Crippen molar-refractivity contribution in [2.45, 2.75) is 11.1 Å². The smallest absolute Gasteiger partial charge is 0.280 e. The van der Waals surface area contributed by atoms with E-state index in [1.54, 1.807) is 0 Å². The van der Waals surface area contributed by atoms with E-state index in [-0.39, 0.29) is 20.6 Å².